The van der Waals surface area contributed by atoms with Crippen LogP contribution in [0.25, 0.3) is 0 Å². The quantitative estimate of drug-likeness (QED) is 0.486. The van der Waals surface area contributed by atoms with E-state index >= 15 is 0 Å². The maximum atomic E-state index is 12.9. The molecule has 3 amide bonds. The Morgan fingerprint density at radius 1 is 0.833 bits per heavy atom. The predicted octanol–water partition coefficient (Wildman–Crippen LogP) is 2.15. The van der Waals surface area contributed by atoms with Gasteiger partial charge < -0.3 is 24.3 Å². The average Bonchev–Trinajstić information content (AvgIpc) is 3.47. The van der Waals surface area contributed by atoms with E-state index in [9.17, 15) is 19.2 Å². The number of hydrogen-bond acceptors (Lipinski definition) is 6. The van der Waals surface area contributed by atoms with Crippen molar-refractivity contribution in [3.05, 3.63) is 95.9 Å². The maximum Gasteiger partial charge on any atom is 0.329 e. The number of rotatable bonds is 8. The van der Waals surface area contributed by atoms with Crippen LogP contribution in [0.15, 0.2) is 83.5 Å². The molecule has 0 bridgehead atoms. The van der Waals surface area contributed by atoms with Gasteiger partial charge in [-0.05, 0) is 29.8 Å². The molecule has 1 aliphatic heterocycles. The van der Waals surface area contributed by atoms with Gasteiger partial charge in [0.1, 0.15) is 6.04 Å². The number of furan rings is 1. The first-order valence-corrected chi connectivity index (χ1v) is 11.7. The lowest BCUT2D eigenvalue weighted by atomic mass is 10.1. The number of carbonyl (C=O) groups excluding carboxylic acids is 4. The van der Waals surface area contributed by atoms with Gasteiger partial charge in [0, 0.05) is 38.2 Å². The van der Waals surface area contributed by atoms with Crippen LogP contribution in [0.3, 0.4) is 0 Å². The van der Waals surface area contributed by atoms with Crippen LogP contribution >= 0.6 is 0 Å². The van der Waals surface area contributed by atoms with Crippen molar-refractivity contribution in [2.24, 2.45) is 0 Å². The number of amides is 3. The molecule has 3 aromatic rings. The second kappa shape index (κ2) is 11.8. The van der Waals surface area contributed by atoms with Gasteiger partial charge in [-0.1, -0.05) is 48.5 Å². The van der Waals surface area contributed by atoms with E-state index in [2.05, 4.69) is 5.32 Å². The van der Waals surface area contributed by atoms with Gasteiger partial charge >= 0.3 is 5.97 Å². The van der Waals surface area contributed by atoms with Crippen molar-refractivity contribution in [2.45, 2.75) is 12.5 Å². The highest BCUT2D eigenvalue weighted by molar-refractivity contribution is 5.97. The van der Waals surface area contributed by atoms with Gasteiger partial charge in [0.2, 0.25) is 0 Å². The summed E-state index contributed by atoms with van der Waals surface area (Å²) in [6.45, 7) is 0.894. The zero-order chi connectivity index (χ0) is 25.3. The van der Waals surface area contributed by atoms with Crippen LogP contribution in [-0.2, 0) is 20.7 Å². The largest absolute Gasteiger partial charge is 0.459 e. The summed E-state index contributed by atoms with van der Waals surface area (Å²) in [6.07, 6.45) is 1.66. The number of piperazine rings is 1. The third kappa shape index (κ3) is 6.38. The standard InChI is InChI=1S/C27H27N3O6/c31-24(29-13-15-30(16-14-29)26(33)23-12-7-17-35-23)19-36-27(34)22(18-20-8-3-1-4-9-20)28-25(32)21-10-5-2-6-11-21/h1-12,17,22H,13-16,18-19H2,(H,28,32)/t22-/m0/s1. The SMILES string of the molecule is O=C(N[C@@H](Cc1ccccc1)C(=O)OCC(=O)N1CCN(C(=O)c2ccco2)CC1)c1ccccc1. The van der Waals surface area contributed by atoms with Crippen LogP contribution in [-0.4, -0.2) is 72.3 Å². The first-order valence-electron chi connectivity index (χ1n) is 11.7. The Hall–Kier alpha value is -4.40. The molecule has 1 aromatic heterocycles. The van der Waals surface area contributed by atoms with Crippen molar-refractivity contribution in [1.82, 2.24) is 15.1 Å². The van der Waals surface area contributed by atoms with Crippen LogP contribution in [0.2, 0.25) is 0 Å². The van der Waals surface area contributed by atoms with E-state index in [1.807, 2.05) is 30.3 Å². The smallest absolute Gasteiger partial charge is 0.329 e. The second-order valence-corrected chi connectivity index (χ2v) is 8.34. The van der Waals surface area contributed by atoms with Crippen molar-refractivity contribution in [2.75, 3.05) is 32.8 Å². The highest BCUT2D eigenvalue weighted by Gasteiger charge is 2.28. The molecule has 9 nitrogen and oxygen atoms in total. The van der Waals surface area contributed by atoms with Gasteiger partial charge in [-0.25, -0.2) is 4.79 Å². The van der Waals surface area contributed by atoms with Crippen LogP contribution in [0.4, 0.5) is 0 Å². The molecule has 0 unspecified atom stereocenters. The topological polar surface area (TPSA) is 109 Å². The maximum absolute atomic E-state index is 12.9. The van der Waals surface area contributed by atoms with Crippen LogP contribution in [0.5, 0.6) is 0 Å². The lowest BCUT2D eigenvalue weighted by Gasteiger charge is -2.34. The Bertz CT molecular complexity index is 1170. The van der Waals surface area contributed by atoms with Gasteiger partial charge in [-0.3, -0.25) is 14.4 Å². The highest BCUT2D eigenvalue weighted by atomic mass is 16.5. The lowest BCUT2D eigenvalue weighted by molar-refractivity contribution is -0.154. The molecule has 0 saturated carbocycles. The van der Waals surface area contributed by atoms with E-state index in [4.69, 9.17) is 9.15 Å². The molecule has 36 heavy (non-hydrogen) atoms. The Kier molecular flexibility index (Phi) is 8.12. The number of benzene rings is 2. The van der Waals surface area contributed by atoms with E-state index in [1.165, 1.54) is 6.26 Å². The van der Waals surface area contributed by atoms with Crippen LogP contribution in [0, 0.1) is 0 Å². The summed E-state index contributed by atoms with van der Waals surface area (Å²) in [5, 5.41) is 2.73. The van der Waals surface area contributed by atoms with Gasteiger partial charge in [-0.2, -0.15) is 0 Å². The molecule has 1 saturated heterocycles. The number of hydrogen-bond donors (Lipinski definition) is 1. The van der Waals surface area contributed by atoms with Crippen LogP contribution in [0.1, 0.15) is 26.5 Å². The second-order valence-electron chi connectivity index (χ2n) is 8.34. The first-order chi connectivity index (χ1) is 17.5. The normalized spacial score (nSPS) is 14.1. The molecule has 1 fully saturated rings. The summed E-state index contributed by atoms with van der Waals surface area (Å²) in [7, 11) is 0. The van der Waals surface area contributed by atoms with Gasteiger partial charge in [0.15, 0.2) is 12.4 Å². The zero-order valence-electron chi connectivity index (χ0n) is 19.7. The first kappa shape index (κ1) is 24.7. The van der Waals surface area contributed by atoms with Crippen molar-refractivity contribution >= 4 is 23.7 Å². The molecule has 1 aliphatic rings. The number of ether oxygens (including phenoxy) is 1. The molecule has 1 atom stereocenters. The van der Waals surface area contributed by atoms with Crippen molar-refractivity contribution in [3.63, 3.8) is 0 Å². The monoisotopic (exact) mass is 489 g/mol. The third-order valence-corrected chi connectivity index (χ3v) is 5.90. The molecule has 0 radical (unpaired) electrons. The molecule has 4 rings (SSSR count). The number of nitrogens with one attached hydrogen (secondary N) is 1. The molecule has 1 N–H and O–H groups in total. The highest BCUT2D eigenvalue weighted by Crippen LogP contribution is 2.11. The summed E-state index contributed by atoms with van der Waals surface area (Å²) in [5.74, 6) is -1.43. The molecule has 0 spiro atoms. The molecule has 2 aromatic carbocycles. The number of carbonyl (C=O) groups is 4. The molecule has 9 heteroatoms. The number of nitrogens with zero attached hydrogens (tertiary/aromatic N) is 2. The fourth-order valence-corrected chi connectivity index (χ4v) is 3.91. The third-order valence-electron chi connectivity index (χ3n) is 5.90. The van der Waals surface area contributed by atoms with E-state index in [-0.39, 0.29) is 24.0 Å². The average molecular weight is 490 g/mol. The van der Waals surface area contributed by atoms with E-state index in [0.717, 1.165) is 5.56 Å². The summed E-state index contributed by atoms with van der Waals surface area (Å²) in [6, 6.07) is 20.1. The minimum absolute atomic E-state index is 0.222. The molecular formula is C27H27N3O6. The summed E-state index contributed by atoms with van der Waals surface area (Å²) in [5.41, 5.74) is 1.26. The fourth-order valence-electron chi connectivity index (χ4n) is 3.91. The zero-order valence-corrected chi connectivity index (χ0v) is 19.7. The Balaban J connectivity index is 1.31. The predicted molar refractivity (Wildman–Crippen MR) is 130 cm³/mol. The summed E-state index contributed by atoms with van der Waals surface area (Å²) >= 11 is 0. The minimum atomic E-state index is -0.962. The van der Waals surface area contributed by atoms with E-state index in [1.54, 1.807) is 52.3 Å². The minimum Gasteiger partial charge on any atom is -0.459 e. The number of esters is 1. The fraction of sp³-hybridized carbons (Fsp3) is 0.259. The Morgan fingerprint density at radius 2 is 1.47 bits per heavy atom. The summed E-state index contributed by atoms with van der Waals surface area (Å²) in [4.78, 5) is 53.8. The lowest BCUT2D eigenvalue weighted by Crippen LogP contribution is -2.52. The molecular weight excluding hydrogens is 462 g/mol. The molecule has 0 aliphatic carbocycles. The Morgan fingerprint density at radius 3 is 2.11 bits per heavy atom. The van der Waals surface area contributed by atoms with Gasteiger partial charge in [-0.15, -0.1) is 0 Å². The van der Waals surface area contributed by atoms with Gasteiger partial charge in [0.05, 0.1) is 6.26 Å². The van der Waals surface area contributed by atoms with E-state index in [0.29, 0.717) is 31.7 Å². The summed E-state index contributed by atoms with van der Waals surface area (Å²) < 4.78 is 10.5. The van der Waals surface area contributed by atoms with Crippen molar-refractivity contribution < 1.29 is 28.3 Å². The van der Waals surface area contributed by atoms with Crippen LogP contribution < -0.4 is 5.32 Å². The van der Waals surface area contributed by atoms with E-state index < -0.39 is 24.5 Å². The van der Waals surface area contributed by atoms with Gasteiger partial charge in [0.25, 0.3) is 17.7 Å². The molecule has 2 heterocycles. The molecule has 186 valence electrons. The van der Waals surface area contributed by atoms with Crippen molar-refractivity contribution in [1.29, 1.82) is 0 Å². The Labute approximate surface area is 208 Å². The van der Waals surface area contributed by atoms with Crippen molar-refractivity contribution in [3.8, 4) is 0 Å².